The van der Waals surface area contributed by atoms with Crippen molar-refractivity contribution in [2.75, 3.05) is 0 Å². The molecule has 0 fully saturated rings. The molecule has 0 aliphatic heterocycles. The van der Waals surface area contributed by atoms with E-state index in [-0.39, 0.29) is 22.1 Å². The maximum atomic E-state index is 12.9. The van der Waals surface area contributed by atoms with Crippen LogP contribution in [-0.2, 0) is 6.18 Å². The van der Waals surface area contributed by atoms with Crippen molar-refractivity contribution in [3.05, 3.63) is 41.5 Å². The van der Waals surface area contributed by atoms with Gasteiger partial charge in [-0.2, -0.15) is 13.2 Å². The minimum atomic E-state index is -4.51. The van der Waals surface area contributed by atoms with Crippen molar-refractivity contribution in [3.8, 4) is 5.75 Å². The number of rotatable bonds is 2. The Morgan fingerprint density at radius 1 is 1.16 bits per heavy atom. The molecule has 0 aromatic heterocycles. The molecule has 0 atom stereocenters. The van der Waals surface area contributed by atoms with Gasteiger partial charge < -0.3 is 8.17 Å². The summed E-state index contributed by atoms with van der Waals surface area (Å²) in [6, 6.07) is 5.80. The van der Waals surface area contributed by atoms with Crippen LogP contribution in [0.15, 0.2) is 30.3 Å². The van der Waals surface area contributed by atoms with Crippen molar-refractivity contribution in [3.63, 3.8) is 0 Å². The van der Waals surface area contributed by atoms with Crippen molar-refractivity contribution >= 4 is 39.7 Å². The van der Waals surface area contributed by atoms with Gasteiger partial charge in [-0.25, -0.2) is 4.79 Å². The molecule has 0 amide bonds. The summed E-state index contributed by atoms with van der Waals surface area (Å²) in [7, 11) is 0. The van der Waals surface area contributed by atoms with E-state index in [0.29, 0.717) is 0 Å². The van der Waals surface area contributed by atoms with E-state index in [1.807, 2.05) is 0 Å². The van der Waals surface area contributed by atoms with Gasteiger partial charge in [0.25, 0.3) is 0 Å². The van der Waals surface area contributed by atoms with Gasteiger partial charge in [-0.15, -0.1) is 0 Å². The summed E-state index contributed by atoms with van der Waals surface area (Å²) in [5.74, 6) is -1.34. The van der Waals surface area contributed by atoms with Crippen molar-refractivity contribution in [2.45, 2.75) is 6.18 Å². The Morgan fingerprint density at radius 3 is 2.37 bits per heavy atom. The number of aromatic carboxylic acids is 1. The van der Waals surface area contributed by atoms with Gasteiger partial charge in [-0.3, -0.25) is 0 Å². The number of hydrogen-bond donors (Lipinski definition) is 1. The summed E-state index contributed by atoms with van der Waals surface area (Å²) in [6.07, 6.45) is -4.51. The van der Waals surface area contributed by atoms with Gasteiger partial charge in [-0.1, -0.05) is 18.2 Å². The van der Waals surface area contributed by atoms with Gasteiger partial charge >= 0.3 is 12.1 Å². The molecule has 0 saturated carbocycles. The molecule has 1 N–H and O–H groups in total. The lowest BCUT2D eigenvalue weighted by molar-refractivity contribution is -0.136. The molecular formula is C12H6F3IO3. The number of carboxylic acid groups (broad SMARTS) is 1. The third-order valence-corrected chi connectivity index (χ3v) is 3.07. The van der Waals surface area contributed by atoms with E-state index in [0.717, 1.165) is 18.2 Å². The normalized spacial score (nSPS) is 11.6. The monoisotopic (exact) mass is 382 g/mol. The first-order valence-corrected chi connectivity index (χ1v) is 5.89. The molecule has 0 saturated heterocycles. The smallest absolute Gasteiger partial charge is 0.417 e. The molecule has 2 aromatic carbocycles. The standard InChI is InChI=1S/C12H6F3IO3/c13-12(14,15)9-3-1-2-7-6(9)4-5-8(11(17)18)10(7)19-16/h1-5H,(H,17,18). The zero-order chi connectivity index (χ0) is 14.2. The Hall–Kier alpha value is -1.51. The van der Waals surface area contributed by atoms with Gasteiger partial charge in [0.2, 0.25) is 0 Å². The number of carbonyl (C=O) groups is 1. The lowest BCUT2D eigenvalue weighted by atomic mass is 10.0. The number of alkyl halides is 3. The SMILES string of the molecule is O=C(O)c1ccc2c(C(F)(F)F)cccc2c1OI. The molecule has 100 valence electrons. The van der Waals surface area contributed by atoms with E-state index >= 15 is 0 Å². The second kappa shape index (κ2) is 4.87. The highest BCUT2D eigenvalue weighted by atomic mass is 127. The van der Waals surface area contributed by atoms with Gasteiger partial charge in [0, 0.05) is 5.39 Å². The number of benzene rings is 2. The van der Waals surface area contributed by atoms with Gasteiger partial charge in [0.15, 0.2) is 28.8 Å². The van der Waals surface area contributed by atoms with Crippen molar-refractivity contribution < 1.29 is 26.1 Å². The summed E-state index contributed by atoms with van der Waals surface area (Å²) in [5.41, 5.74) is -1.00. The Labute approximate surface area is 119 Å². The highest BCUT2D eigenvalue weighted by Gasteiger charge is 2.33. The van der Waals surface area contributed by atoms with Gasteiger partial charge in [-0.05, 0) is 17.5 Å². The van der Waals surface area contributed by atoms with Crippen LogP contribution in [0.3, 0.4) is 0 Å². The zero-order valence-electron chi connectivity index (χ0n) is 9.16. The molecule has 0 aliphatic carbocycles. The molecule has 2 rings (SSSR count). The summed E-state index contributed by atoms with van der Waals surface area (Å²) in [4.78, 5) is 11.0. The topological polar surface area (TPSA) is 46.5 Å². The lowest BCUT2D eigenvalue weighted by Gasteiger charge is -2.13. The second-order valence-corrected chi connectivity index (χ2v) is 4.16. The maximum Gasteiger partial charge on any atom is 0.417 e. The summed E-state index contributed by atoms with van der Waals surface area (Å²) in [5, 5.41) is 9.00. The Balaban J connectivity index is 2.85. The molecule has 0 heterocycles. The Bertz CT molecular complexity index is 652. The summed E-state index contributed by atoms with van der Waals surface area (Å²) < 4.78 is 43.5. The molecular weight excluding hydrogens is 376 g/mol. The highest BCUT2D eigenvalue weighted by molar-refractivity contribution is 14.1. The minimum Gasteiger partial charge on any atom is -0.478 e. The number of carboxylic acids is 1. The van der Waals surface area contributed by atoms with E-state index in [4.69, 9.17) is 8.17 Å². The molecule has 0 bridgehead atoms. The van der Waals surface area contributed by atoms with Crippen molar-refractivity contribution in [1.82, 2.24) is 0 Å². The van der Waals surface area contributed by atoms with Crippen molar-refractivity contribution in [2.24, 2.45) is 0 Å². The predicted molar refractivity (Wildman–Crippen MR) is 70.6 cm³/mol. The average molecular weight is 382 g/mol. The van der Waals surface area contributed by atoms with E-state index in [9.17, 15) is 18.0 Å². The van der Waals surface area contributed by atoms with Crippen LogP contribution in [0.1, 0.15) is 15.9 Å². The largest absolute Gasteiger partial charge is 0.478 e. The molecule has 0 aliphatic rings. The van der Waals surface area contributed by atoms with Crippen LogP contribution in [-0.4, -0.2) is 11.1 Å². The highest BCUT2D eigenvalue weighted by Crippen LogP contribution is 2.39. The minimum absolute atomic E-state index is 0.0864. The van der Waals surface area contributed by atoms with Gasteiger partial charge in [0.05, 0.1) is 5.56 Å². The molecule has 3 nitrogen and oxygen atoms in total. The van der Waals surface area contributed by atoms with Crippen LogP contribution < -0.4 is 3.07 Å². The fourth-order valence-electron chi connectivity index (χ4n) is 1.83. The Morgan fingerprint density at radius 2 is 1.84 bits per heavy atom. The van der Waals surface area contributed by atoms with E-state index < -0.39 is 17.7 Å². The zero-order valence-corrected chi connectivity index (χ0v) is 11.3. The number of halogens is 4. The van der Waals surface area contributed by atoms with E-state index in [2.05, 4.69) is 0 Å². The molecule has 2 aromatic rings. The molecule has 0 unspecified atom stereocenters. The summed E-state index contributed by atoms with van der Waals surface area (Å²) in [6.45, 7) is 0. The fraction of sp³-hybridized carbons (Fsp3) is 0.0833. The third kappa shape index (κ3) is 2.46. The third-order valence-electron chi connectivity index (χ3n) is 2.63. The van der Waals surface area contributed by atoms with Gasteiger partial charge in [0.1, 0.15) is 5.56 Å². The van der Waals surface area contributed by atoms with E-state index in [1.54, 1.807) is 0 Å². The van der Waals surface area contributed by atoms with Crippen LogP contribution in [0.2, 0.25) is 0 Å². The average Bonchev–Trinajstić information content (AvgIpc) is 2.35. The fourth-order valence-corrected chi connectivity index (χ4v) is 2.30. The Kier molecular flexibility index (Phi) is 3.57. The predicted octanol–water partition coefficient (Wildman–Crippen LogP) is 4.29. The second-order valence-electron chi connectivity index (χ2n) is 3.72. The van der Waals surface area contributed by atoms with Crippen molar-refractivity contribution in [1.29, 1.82) is 0 Å². The van der Waals surface area contributed by atoms with Crippen LogP contribution in [0.25, 0.3) is 10.8 Å². The van der Waals surface area contributed by atoms with Crippen LogP contribution in [0.4, 0.5) is 13.2 Å². The molecule has 0 spiro atoms. The molecule has 7 heteroatoms. The summed E-state index contributed by atoms with van der Waals surface area (Å²) >= 11 is 1.45. The first-order valence-electron chi connectivity index (χ1n) is 5.01. The van der Waals surface area contributed by atoms with Crippen LogP contribution >= 0.6 is 23.0 Å². The number of hydrogen-bond acceptors (Lipinski definition) is 2. The van der Waals surface area contributed by atoms with Crippen LogP contribution in [0.5, 0.6) is 5.75 Å². The van der Waals surface area contributed by atoms with Crippen LogP contribution in [0, 0.1) is 0 Å². The first kappa shape index (κ1) is 13.9. The van der Waals surface area contributed by atoms with E-state index in [1.165, 1.54) is 35.1 Å². The first-order chi connectivity index (χ1) is 8.86. The molecule has 19 heavy (non-hydrogen) atoms. The quantitative estimate of drug-likeness (QED) is 0.789. The number of fused-ring (bicyclic) bond motifs is 1. The molecule has 0 radical (unpaired) electrons. The maximum absolute atomic E-state index is 12.9. The lowest BCUT2D eigenvalue weighted by Crippen LogP contribution is -2.06.